The first-order chi connectivity index (χ1) is 6.86. The molecule has 3 heteroatoms. The largest absolute Gasteiger partial charge is 0.361 e. The van der Waals surface area contributed by atoms with Gasteiger partial charge in [-0.1, -0.05) is 25.1 Å². The van der Waals surface area contributed by atoms with Crippen LogP contribution in [0.1, 0.15) is 24.9 Å². The summed E-state index contributed by atoms with van der Waals surface area (Å²) in [6, 6.07) is 8.09. The first-order valence-electron chi connectivity index (χ1n) is 4.82. The van der Waals surface area contributed by atoms with Crippen LogP contribution in [0.2, 0.25) is 0 Å². The lowest BCUT2D eigenvalue weighted by molar-refractivity contribution is 0.124. The Morgan fingerprint density at radius 1 is 1.43 bits per heavy atom. The molecule has 0 saturated heterocycles. The highest BCUT2D eigenvalue weighted by Gasteiger charge is 2.11. The van der Waals surface area contributed by atoms with Crippen LogP contribution < -0.4 is 5.48 Å². The van der Waals surface area contributed by atoms with E-state index in [4.69, 9.17) is 5.21 Å². The van der Waals surface area contributed by atoms with E-state index in [0.717, 1.165) is 17.5 Å². The maximum atomic E-state index is 8.99. The number of rotatable bonds is 3. The summed E-state index contributed by atoms with van der Waals surface area (Å²) in [5.41, 5.74) is 4.55. The molecule has 1 aromatic carbocycles. The zero-order valence-electron chi connectivity index (χ0n) is 8.12. The second-order valence-corrected chi connectivity index (χ2v) is 3.38. The average molecular weight is 190 g/mol. The van der Waals surface area contributed by atoms with Crippen molar-refractivity contribution >= 4 is 10.9 Å². The van der Waals surface area contributed by atoms with Crippen molar-refractivity contribution in [1.82, 2.24) is 10.5 Å². The van der Waals surface area contributed by atoms with Crippen LogP contribution in [0, 0.1) is 0 Å². The highest BCUT2D eigenvalue weighted by molar-refractivity contribution is 5.83. The maximum Gasteiger partial charge on any atom is 0.0587 e. The van der Waals surface area contributed by atoms with E-state index >= 15 is 0 Å². The van der Waals surface area contributed by atoms with Crippen LogP contribution in [0.3, 0.4) is 0 Å². The van der Waals surface area contributed by atoms with Crippen molar-refractivity contribution in [2.24, 2.45) is 0 Å². The van der Waals surface area contributed by atoms with E-state index in [1.807, 2.05) is 31.3 Å². The summed E-state index contributed by atoms with van der Waals surface area (Å²) in [6.07, 6.45) is 2.81. The van der Waals surface area contributed by atoms with E-state index in [9.17, 15) is 0 Å². The third-order valence-electron chi connectivity index (χ3n) is 2.56. The van der Waals surface area contributed by atoms with E-state index < -0.39 is 0 Å². The van der Waals surface area contributed by atoms with Gasteiger partial charge in [-0.05, 0) is 18.1 Å². The van der Waals surface area contributed by atoms with Crippen LogP contribution in [0.4, 0.5) is 0 Å². The molecule has 14 heavy (non-hydrogen) atoms. The zero-order chi connectivity index (χ0) is 9.97. The molecular weight excluding hydrogens is 176 g/mol. The van der Waals surface area contributed by atoms with Gasteiger partial charge in [-0.2, -0.15) is 5.48 Å². The number of hydrogen-bond donors (Lipinski definition) is 3. The third-order valence-corrected chi connectivity index (χ3v) is 2.56. The van der Waals surface area contributed by atoms with Gasteiger partial charge in [0.2, 0.25) is 0 Å². The van der Waals surface area contributed by atoms with Crippen molar-refractivity contribution < 1.29 is 5.21 Å². The summed E-state index contributed by atoms with van der Waals surface area (Å²) in [7, 11) is 0. The first kappa shape index (κ1) is 9.24. The number of aromatic amines is 1. The predicted octanol–water partition coefficient (Wildman–Crippen LogP) is 2.60. The van der Waals surface area contributed by atoms with Crippen LogP contribution in [0.15, 0.2) is 30.5 Å². The molecule has 1 unspecified atom stereocenters. The van der Waals surface area contributed by atoms with Crippen molar-refractivity contribution in [3.63, 3.8) is 0 Å². The molecule has 1 aromatic heterocycles. The molecule has 0 aliphatic rings. The van der Waals surface area contributed by atoms with Crippen molar-refractivity contribution in [1.29, 1.82) is 0 Å². The van der Waals surface area contributed by atoms with Gasteiger partial charge in [-0.3, -0.25) is 0 Å². The van der Waals surface area contributed by atoms with Gasteiger partial charge in [0.15, 0.2) is 0 Å². The zero-order valence-corrected chi connectivity index (χ0v) is 8.12. The van der Waals surface area contributed by atoms with E-state index in [2.05, 4.69) is 16.5 Å². The molecule has 1 heterocycles. The Morgan fingerprint density at radius 2 is 2.21 bits per heavy atom. The van der Waals surface area contributed by atoms with Gasteiger partial charge < -0.3 is 10.2 Å². The number of H-pyrrole nitrogens is 1. The minimum Gasteiger partial charge on any atom is -0.361 e. The molecule has 0 spiro atoms. The molecule has 0 aliphatic heterocycles. The molecule has 3 N–H and O–H groups in total. The molecule has 0 aliphatic carbocycles. The van der Waals surface area contributed by atoms with Gasteiger partial charge in [-0.25, -0.2) is 0 Å². The standard InChI is InChI=1S/C11H14N2O/c1-2-10(13-14)9-7-12-11-6-4-3-5-8(9)11/h3-7,10,12-14H,2H2,1H3. The quantitative estimate of drug-likeness (QED) is 0.651. The van der Waals surface area contributed by atoms with E-state index in [-0.39, 0.29) is 6.04 Å². The van der Waals surface area contributed by atoms with Gasteiger partial charge in [-0.15, -0.1) is 0 Å². The average Bonchev–Trinajstić information content (AvgIpc) is 2.65. The van der Waals surface area contributed by atoms with Crippen LogP contribution in [0.5, 0.6) is 0 Å². The molecule has 0 amide bonds. The predicted molar refractivity (Wildman–Crippen MR) is 56.3 cm³/mol. The molecule has 3 nitrogen and oxygen atoms in total. The SMILES string of the molecule is CCC(NO)c1c[nH]c2ccccc12. The highest BCUT2D eigenvalue weighted by atomic mass is 16.5. The minimum atomic E-state index is 0.00569. The monoisotopic (exact) mass is 190 g/mol. The lowest BCUT2D eigenvalue weighted by atomic mass is 10.0. The molecule has 0 bridgehead atoms. The molecule has 2 rings (SSSR count). The van der Waals surface area contributed by atoms with Crippen LogP contribution in [-0.4, -0.2) is 10.2 Å². The lowest BCUT2D eigenvalue weighted by Crippen LogP contribution is -2.15. The Morgan fingerprint density at radius 3 is 2.93 bits per heavy atom. The van der Waals surface area contributed by atoms with E-state index in [1.165, 1.54) is 5.39 Å². The number of benzene rings is 1. The number of para-hydroxylation sites is 1. The fourth-order valence-electron chi connectivity index (χ4n) is 1.76. The van der Waals surface area contributed by atoms with Gasteiger partial charge >= 0.3 is 0 Å². The summed E-state index contributed by atoms with van der Waals surface area (Å²) in [5.74, 6) is 0. The van der Waals surface area contributed by atoms with Crippen molar-refractivity contribution in [3.8, 4) is 0 Å². The second-order valence-electron chi connectivity index (χ2n) is 3.38. The Balaban J connectivity index is 2.51. The lowest BCUT2D eigenvalue weighted by Gasteiger charge is -2.10. The number of hydrogen-bond acceptors (Lipinski definition) is 2. The fraction of sp³-hybridized carbons (Fsp3) is 0.273. The van der Waals surface area contributed by atoms with Gasteiger partial charge in [0.1, 0.15) is 0 Å². The Kier molecular flexibility index (Phi) is 2.52. The highest BCUT2D eigenvalue weighted by Crippen LogP contribution is 2.25. The molecule has 0 radical (unpaired) electrons. The fourth-order valence-corrected chi connectivity index (χ4v) is 1.76. The van der Waals surface area contributed by atoms with Gasteiger partial charge in [0.25, 0.3) is 0 Å². The summed E-state index contributed by atoms with van der Waals surface area (Å²) >= 11 is 0. The summed E-state index contributed by atoms with van der Waals surface area (Å²) in [5, 5.41) is 10.2. The van der Waals surface area contributed by atoms with Crippen LogP contribution >= 0.6 is 0 Å². The molecule has 2 aromatic rings. The normalized spacial score (nSPS) is 13.3. The number of hydroxylamine groups is 1. The molecule has 74 valence electrons. The second kappa shape index (κ2) is 3.82. The van der Waals surface area contributed by atoms with Crippen molar-refractivity contribution in [2.45, 2.75) is 19.4 Å². The Bertz CT molecular complexity index is 418. The topological polar surface area (TPSA) is 48.0 Å². The molecule has 0 fully saturated rings. The minimum absolute atomic E-state index is 0.00569. The maximum absolute atomic E-state index is 8.99. The van der Waals surface area contributed by atoms with E-state index in [0.29, 0.717) is 0 Å². The third kappa shape index (κ3) is 1.41. The Hall–Kier alpha value is -1.32. The number of aromatic nitrogens is 1. The molecule has 0 saturated carbocycles. The van der Waals surface area contributed by atoms with Crippen molar-refractivity contribution in [2.75, 3.05) is 0 Å². The van der Waals surface area contributed by atoms with Gasteiger partial charge in [0.05, 0.1) is 6.04 Å². The molecular formula is C11H14N2O. The number of fused-ring (bicyclic) bond motifs is 1. The summed E-state index contributed by atoms with van der Waals surface area (Å²) in [4.78, 5) is 3.19. The number of nitrogens with one attached hydrogen (secondary N) is 2. The van der Waals surface area contributed by atoms with Crippen molar-refractivity contribution in [3.05, 3.63) is 36.0 Å². The summed E-state index contributed by atoms with van der Waals surface area (Å²) < 4.78 is 0. The van der Waals surface area contributed by atoms with E-state index in [1.54, 1.807) is 0 Å². The first-order valence-corrected chi connectivity index (χ1v) is 4.82. The Labute approximate surface area is 82.7 Å². The van der Waals surface area contributed by atoms with Crippen LogP contribution in [-0.2, 0) is 0 Å². The molecule has 1 atom stereocenters. The smallest absolute Gasteiger partial charge is 0.0587 e. The van der Waals surface area contributed by atoms with Gasteiger partial charge in [0, 0.05) is 17.1 Å². The summed E-state index contributed by atoms with van der Waals surface area (Å²) in [6.45, 7) is 2.04. The van der Waals surface area contributed by atoms with Crippen LogP contribution in [0.25, 0.3) is 10.9 Å².